The Hall–Kier alpha value is -1.70. The summed E-state index contributed by atoms with van der Waals surface area (Å²) in [6.07, 6.45) is 1.72. The van der Waals surface area contributed by atoms with Crippen LogP contribution in [0.1, 0.15) is 22.5 Å². The van der Waals surface area contributed by atoms with Gasteiger partial charge in [-0.05, 0) is 31.5 Å². The number of nitrogens with zero attached hydrogens (tertiary/aromatic N) is 1. The van der Waals surface area contributed by atoms with Gasteiger partial charge in [-0.15, -0.1) is 23.7 Å². The van der Waals surface area contributed by atoms with E-state index in [4.69, 9.17) is 5.73 Å². The second-order valence-corrected chi connectivity index (χ2v) is 5.43. The average molecular weight is 330 g/mol. The molecule has 6 nitrogen and oxygen atoms in total. The van der Waals surface area contributed by atoms with Crippen LogP contribution in [0.2, 0.25) is 0 Å². The third-order valence-corrected chi connectivity index (χ3v) is 3.97. The molecule has 3 N–H and O–H groups in total. The van der Waals surface area contributed by atoms with E-state index in [1.165, 1.54) is 23.5 Å². The number of unbranched alkanes of at least 4 members (excludes halogenated alkanes) is 1. The molecule has 0 unspecified atom stereocenters. The Bertz CT molecular complexity index is 645. The van der Waals surface area contributed by atoms with Crippen LogP contribution in [0, 0.1) is 10.1 Å². The number of hydrogen-bond donors (Lipinski definition) is 2. The SMILES string of the molecule is Cl.NCCCCNC(=O)c1cc2cc([N+](=O)[O-])ccc2s1. The number of non-ortho nitro benzene ring substituents is 1. The zero-order chi connectivity index (χ0) is 14.5. The molecule has 114 valence electrons. The fourth-order valence-electron chi connectivity index (χ4n) is 1.81. The van der Waals surface area contributed by atoms with Gasteiger partial charge in [-0.1, -0.05) is 0 Å². The first kappa shape index (κ1) is 17.4. The Kier molecular flexibility index (Phi) is 6.54. The number of fused-ring (bicyclic) bond motifs is 1. The Morgan fingerprint density at radius 1 is 1.33 bits per heavy atom. The van der Waals surface area contributed by atoms with Crippen molar-refractivity contribution >= 4 is 45.4 Å². The molecule has 0 bridgehead atoms. The summed E-state index contributed by atoms with van der Waals surface area (Å²) in [5.74, 6) is -0.147. The number of halogens is 1. The Morgan fingerprint density at radius 2 is 2.10 bits per heavy atom. The number of nitrogens with one attached hydrogen (secondary N) is 1. The van der Waals surface area contributed by atoms with E-state index < -0.39 is 4.92 Å². The van der Waals surface area contributed by atoms with Gasteiger partial charge in [0.05, 0.1) is 9.80 Å². The van der Waals surface area contributed by atoms with E-state index in [-0.39, 0.29) is 24.0 Å². The molecule has 21 heavy (non-hydrogen) atoms. The third-order valence-electron chi connectivity index (χ3n) is 2.85. The summed E-state index contributed by atoms with van der Waals surface area (Å²) in [4.78, 5) is 22.8. The van der Waals surface area contributed by atoms with Crippen LogP contribution >= 0.6 is 23.7 Å². The third kappa shape index (κ3) is 4.38. The molecular weight excluding hydrogens is 314 g/mol. The molecule has 0 saturated carbocycles. The van der Waals surface area contributed by atoms with Gasteiger partial charge in [0.25, 0.3) is 11.6 Å². The van der Waals surface area contributed by atoms with Crippen LogP contribution in [0.4, 0.5) is 5.69 Å². The smallest absolute Gasteiger partial charge is 0.270 e. The maximum atomic E-state index is 11.9. The van der Waals surface area contributed by atoms with Crippen LogP contribution in [0.5, 0.6) is 0 Å². The highest BCUT2D eigenvalue weighted by atomic mass is 35.5. The van der Waals surface area contributed by atoms with E-state index in [0.29, 0.717) is 18.0 Å². The van der Waals surface area contributed by atoms with Gasteiger partial charge in [0.1, 0.15) is 0 Å². The lowest BCUT2D eigenvalue weighted by molar-refractivity contribution is -0.384. The number of carbonyl (C=O) groups excluding carboxylic acids is 1. The van der Waals surface area contributed by atoms with Crippen molar-refractivity contribution in [3.05, 3.63) is 39.3 Å². The highest BCUT2D eigenvalue weighted by molar-refractivity contribution is 7.20. The van der Waals surface area contributed by atoms with Crippen molar-refractivity contribution < 1.29 is 9.72 Å². The van der Waals surface area contributed by atoms with Crippen molar-refractivity contribution in [3.8, 4) is 0 Å². The topological polar surface area (TPSA) is 98.3 Å². The minimum atomic E-state index is -0.441. The highest BCUT2D eigenvalue weighted by Crippen LogP contribution is 2.28. The molecule has 0 spiro atoms. The van der Waals surface area contributed by atoms with Gasteiger partial charge in [0.2, 0.25) is 0 Å². The number of benzene rings is 1. The minimum absolute atomic E-state index is 0. The number of amides is 1. The predicted octanol–water partition coefficient (Wildman–Crippen LogP) is 2.70. The summed E-state index contributed by atoms with van der Waals surface area (Å²) >= 11 is 1.33. The van der Waals surface area contributed by atoms with Crippen molar-refractivity contribution in [2.45, 2.75) is 12.8 Å². The summed E-state index contributed by atoms with van der Waals surface area (Å²) in [6.45, 7) is 1.20. The molecule has 8 heteroatoms. The second kappa shape index (κ2) is 7.92. The Morgan fingerprint density at radius 3 is 2.76 bits per heavy atom. The normalized spacial score (nSPS) is 10.1. The average Bonchev–Trinajstić information content (AvgIpc) is 2.86. The molecule has 0 aliphatic carbocycles. The van der Waals surface area contributed by atoms with E-state index in [0.717, 1.165) is 22.9 Å². The van der Waals surface area contributed by atoms with Crippen LogP contribution in [0.15, 0.2) is 24.3 Å². The predicted molar refractivity (Wildman–Crippen MR) is 86.3 cm³/mol. The van der Waals surface area contributed by atoms with Gasteiger partial charge in [0.15, 0.2) is 0 Å². The van der Waals surface area contributed by atoms with Gasteiger partial charge in [-0.25, -0.2) is 0 Å². The Labute approximate surface area is 131 Å². The molecule has 1 amide bonds. The van der Waals surface area contributed by atoms with E-state index in [9.17, 15) is 14.9 Å². The van der Waals surface area contributed by atoms with Gasteiger partial charge >= 0.3 is 0 Å². The van der Waals surface area contributed by atoms with Crippen LogP contribution in [0.3, 0.4) is 0 Å². The van der Waals surface area contributed by atoms with Crippen molar-refractivity contribution in [3.63, 3.8) is 0 Å². The zero-order valence-corrected chi connectivity index (χ0v) is 12.8. The standard InChI is InChI=1S/C13H15N3O3S.ClH/c14-5-1-2-6-15-13(17)12-8-9-7-10(16(18)19)3-4-11(9)20-12;/h3-4,7-8H,1-2,5-6,14H2,(H,15,17);1H. The zero-order valence-electron chi connectivity index (χ0n) is 11.2. The molecule has 0 aliphatic heterocycles. The Balaban J connectivity index is 0.00000220. The first-order valence-electron chi connectivity index (χ1n) is 6.28. The number of carbonyl (C=O) groups is 1. The molecule has 1 heterocycles. The molecule has 2 aromatic rings. The number of hydrogen-bond acceptors (Lipinski definition) is 5. The van der Waals surface area contributed by atoms with Gasteiger partial charge in [-0.2, -0.15) is 0 Å². The number of nitro groups is 1. The molecule has 0 aliphatic rings. The van der Waals surface area contributed by atoms with Crippen molar-refractivity contribution in [1.29, 1.82) is 0 Å². The molecule has 2 rings (SSSR count). The summed E-state index contributed by atoms with van der Waals surface area (Å²) in [7, 11) is 0. The van der Waals surface area contributed by atoms with Crippen LogP contribution in [-0.4, -0.2) is 23.9 Å². The molecular formula is C13H16ClN3O3S. The molecule has 0 saturated heterocycles. The number of rotatable bonds is 6. The minimum Gasteiger partial charge on any atom is -0.351 e. The lowest BCUT2D eigenvalue weighted by Gasteiger charge is -2.01. The van der Waals surface area contributed by atoms with Gasteiger partial charge < -0.3 is 11.1 Å². The van der Waals surface area contributed by atoms with Crippen LogP contribution in [-0.2, 0) is 0 Å². The molecule has 0 atom stereocenters. The monoisotopic (exact) mass is 329 g/mol. The summed E-state index contributed by atoms with van der Waals surface area (Å²) in [5, 5.41) is 14.2. The number of thiophene rings is 1. The molecule has 1 aromatic carbocycles. The maximum Gasteiger partial charge on any atom is 0.270 e. The summed E-state index contributed by atoms with van der Waals surface area (Å²) in [6, 6.07) is 6.29. The summed E-state index contributed by atoms with van der Waals surface area (Å²) < 4.78 is 0.864. The van der Waals surface area contributed by atoms with Crippen molar-refractivity contribution in [2.75, 3.05) is 13.1 Å². The van der Waals surface area contributed by atoms with E-state index >= 15 is 0 Å². The lowest BCUT2D eigenvalue weighted by Crippen LogP contribution is -2.23. The molecule has 0 radical (unpaired) electrons. The van der Waals surface area contributed by atoms with E-state index in [1.807, 2.05) is 0 Å². The molecule has 0 fully saturated rings. The first-order valence-corrected chi connectivity index (χ1v) is 7.09. The van der Waals surface area contributed by atoms with Gasteiger partial charge in [0, 0.05) is 28.8 Å². The van der Waals surface area contributed by atoms with Crippen molar-refractivity contribution in [1.82, 2.24) is 5.32 Å². The fraction of sp³-hybridized carbons (Fsp3) is 0.308. The molecule has 1 aromatic heterocycles. The van der Waals surface area contributed by atoms with Crippen LogP contribution in [0.25, 0.3) is 10.1 Å². The van der Waals surface area contributed by atoms with Crippen molar-refractivity contribution in [2.24, 2.45) is 5.73 Å². The fourth-order valence-corrected chi connectivity index (χ4v) is 2.77. The summed E-state index contributed by atoms with van der Waals surface area (Å²) in [5.41, 5.74) is 5.41. The van der Waals surface area contributed by atoms with Gasteiger partial charge in [-0.3, -0.25) is 14.9 Å². The highest BCUT2D eigenvalue weighted by Gasteiger charge is 2.12. The largest absolute Gasteiger partial charge is 0.351 e. The quantitative estimate of drug-likeness (QED) is 0.483. The first-order chi connectivity index (χ1) is 9.61. The number of nitro benzene ring substituents is 1. The second-order valence-electron chi connectivity index (χ2n) is 4.34. The number of nitrogens with two attached hydrogens (primary N) is 1. The maximum absolute atomic E-state index is 11.9. The van der Waals surface area contributed by atoms with Crippen LogP contribution < -0.4 is 11.1 Å². The van der Waals surface area contributed by atoms with E-state index in [2.05, 4.69) is 5.32 Å². The lowest BCUT2D eigenvalue weighted by atomic mass is 10.2. The van der Waals surface area contributed by atoms with E-state index in [1.54, 1.807) is 12.1 Å².